The van der Waals surface area contributed by atoms with Crippen molar-refractivity contribution in [3.63, 3.8) is 0 Å². The minimum Gasteiger partial charge on any atom is -0.508 e. The molecular formula is C22H29NO. The quantitative estimate of drug-likeness (QED) is 0.749. The molecule has 0 unspecified atom stereocenters. The molecule has 1 saturated heterocycles. The van der Waals surface area contributed by atoms with Gasteiger partial charge in [0.25, 0.3) is 0 Å². The van der Waals surface area contributed by atoms with Crippen LogP contribution in [0.4, 0.5) is 0 Å². The standard InChI is InChI=1S/C22H29NO/c24-22-12-5-4-11-21(22)18-20-13-16-23(17-14-20)15-7-6-10-19-8-2-1-3-9-19/h1-5,8-9,11-12,20,24H,6-7,10,13-18H2. The van der Waals surface area contributed by atoms with E-state index in [9.17, 15) is 5.11 Å². The highest BCUT2D eigenvalue weighted by atomic mass is 16.3. The molecule has 0 radical (unpaired) electrons. The second-order valence-corrected chi connectivity index (χ2v) is 7.06. The number of para-hydroxylation sites is 1. The van der Waals surface area contributed by atoms with Gasteiger partial charge in [0.1, 0.15) is 5.75 Å². The van der Waals surface area contributed by atoms with E-state index < -0.39 is 0 Å². The summed E-state index contributed by atoms with van der Waals surface area (Å²) in [5.41, 5.74) is 2.57. The predicted molar refractivity (Wildman–Crippen MR) is 100 cm³/mol. The number of piperidine rings is 1. The third kappa shape index (κ3) is 5.10. The summed E-state index contributed by atoms with van der Waals surface area (Å²) >= 11 is 0. The van der Waals surface area contributed by atoms with E-state index in [2.05, 4.69) is 41.3 Å². The number of hydrogen-bond acceptors (Lipinski definition) is 2. The minimum absolute atomic E-state index is 0.459. The van der Waals surface area contributed by atoms with Crippen molar-refractivity contribution in [2.75, 3.05) is 19.6 Å². The molecule has 2 nitrogen and oxygen atoms in total. The molecule has 1 N–H and O–H groups in total. The van der Waals surface area contributed by atoms with Crippen LogP contribution in [0.25, 0.3) is 0 Å². The lowest BCUT2D eigenvalue weighted by atomic mass is 9.90. The van der Waals surface area contributed by atoms with E-state index in [0.717, 1.165) is 17.9 Å². The molecular weight excluding hydrogens is 294 g/mol. The second kappa shape index (κ2) is 8.89. The van der Waals surface area contributed by atoms with E-state index in [1.165, 1.54) is 57.3 Å². The predicted octanol–water partition coefficient (Wildman–Crippen LogP) is 4.67. The van der Waals surface area contributed by atoms with Gasteiger partial charge in [-0.25, -0.2) is 0 Å². The Morgan fingerprint density at radius 1 is 0.875 bits per heavy atom. The van der Waals surface area contributed by atoms with Gasteiger partial charge in [-0.05, 0) is 81.3 Å². The van der Waals surface area contributed by atoms with Crippen LogP contribution in [0.2, 0.25) is 0 Å². The largest absolute Gasteiger partial charge is 0.508 e. The highest BCUT2D eigenvalue weighted by Crippen LogP contribution is 2.26. The average Bonchev–Trinajstić information content (AvgIpc) is 2.63. The Balaban J connectivity index is 1.33. The molecule has 1 aliphatic heterocycles. The summed E-state index contributed by atoms with van der Waals surface area (Å²) < 4.78 is 0. The number of aryl methyl sites for hydroxylation is 1. The fourth-order valence-corrected chi connectivity index (χ4v) is 3.72. The van der Waals surface area contributed by atoms with Crippen LogP contribution in [0.3, 0.4) is 0 Å². The second-order valence-electron chi connectivity index (χ2n) is 7.06. The molecule has 2 aromatic rings. The number of phenolic OH excluding ortho intramolecular Hbond substituents is 1. The molecule has 2 aromatic carbocycles. The summed E-state index contributed by atoms with van der Waals surface area (Å²) in [4.78, 5) is 2.62. The van der Waals surface area contributed by atoms with Crippen molar-refractivity contribution in [3.8, 4) is 5.75 Å². The third-order valence-electron chi connectivity index (χ3n) is 5.24. The summed E-state index contributed by atoms with van der Waals surface area (Å²) in [6, 6.07) is 18.6. The van der Waals surface area contributed by atoms with Gasteiger partial charge < -0.3 is 10.0 Å². The topological polar surface area (TPSA) is 23.5 Å². The van der Waals surface area contributed by atoms with Gasteiger partial charge in [-0.15, -0.1) is 0 Å². The van der Waals surface area contributed by atoms with Gasteiger partial charge in [0.15, 0.2) is 0 Å². The van der Waals surface area contributed by atoms with Crippen molar-refractivity contribution in [2.45, 2.75) is 38.5 Å². The maximum Gasteiger partial charge on any atom is 0.118 e. The van der Waals surface area contributed by atoms with Crippen LogP contribution >= 0.6 is 0 Å². The first-order chi connectivity index (χ1) is 11.8. The lowest BCUT2D eigenvalue weighted by molar-refractivity contribution is 0.181. The fraction of sp³-hybridized carbons (Fsp3) is 0.455. The zero-order chi connectivity index (χ0) is 16.6. The van der Waals surface area contributed by atoms with Crippen LogP contribution < -0.4 is 0 Å². The summed E-state index contributed by atoms with van der Waals surface area (Å²) in [6.07, 6.45) is 7.31. The zero-order valence-electron chi connectivity index (χ0n) is 14.5. The van der Waals surface area contributed by atoms with Gasteiger partial charge in [0.05, 0.1) is 0 Å². The molecule has 0 aromatic heterocycles. The van der Waals surface area contributed by atoms with Crippen molar-refractivity contribution in [1.82, 2.24) is 4.90 Å². The Morgan fingerprint density at radius 2 is 1.58 bits per heavy atom. The smallest absolute Gasteiger partial charge is 0.118 e. The normalized spacial score (nSPS) is 16.3. The molecule has 3 rings (SSSR count). The lowest BCUT2D eigenvalue weighted by Crippen LogP contribution is -2.35. The molecule has 0 atom stereocenters. The molecule has 1 aliphatic rings. The van der Waals surface area contributed by atoms with Crippen molar-refractivity contribution in [2.24, 2.45) is 5.92 Å². The maximum absolute atomic E-state index is 9.92. The van der Waals surface area contributed by atoms with Gasteiger partial charge in [-0.2, -0.15) is 0 Å². The minimum atomic E-state index is 0.459. The van der Waals surface area contributed by atoms with Crippen LogP contribution in [0.1, 0.15) is 36.8 Å². The first kappa shape index (κ1) is 17.0. The molecule has 0 spiro atoms. The highest BCUT2D eigenvalue weighted by molar-refractivity contribution is 5.32. The van der Waals surface area contributed by atoms with Gasteiger partial charge in [-0.1, -0.05) is 48.5 Å². The molecule has 128 valence electrons. The maximum atomic E-state index is 9.92. The SMILES string of the molecule is Oc1ccccc1CC1CCN(CCCCc2ccccc2)CC1. The molecule has 1 heterocycles. The summed E-state index contributed by atoms with van der Waals surface area (Å²) in [5.74, 6) is 1.18. The number of likely N-dealkylation sites (tertiary alicyclic amines) is 1. The van der Waals surface area contributed by atoms with Gasteiger partial charge in [0.2, 0.25) is 0 Å². The Kier molecular flexibility index (Phi) is 6.31. The number of aromatic hydroxyl groups is 1. The van der Waals surface area contributed by atoms with Crippen LogP contribution in [0.5, 0.6) is 5.75 Å². The first-order valence-corrected chi connectivity index (χ1v) is 9.34. The highest BCUT2D eigenvalue weighted by Gasteiger charge is 2.19. The van der Waals surface area contributed by atoms with E-state index in [1.807, 2.05) is 12.1 Å². The van der Waals surface area contributed by atoms with Gasteiger partial charge >= 0.3 is 0 Å². The van der Waals surface area contributed by atoms with Crippen LogP contribution in [-0.2, 0) is 12.8 Å². The van der Waals surface area contributed by atoms with Crippen molar-refractivity contribution in [3.05, 3.63) is 65.7 Å². The number of rotatable bonds is 7. The first-order valence-electron chi connectivity index (χ1n) is 9.34. The van der Waals surface area contributed by atoms with Crippen molar-refractivity contribution in [1.29, 1.82) is 0 Å². The Morgan fingerprint density at radius 3 is 2.33 bits per heavy atom. The Bertz CT molecular complexity index is 602. The summed E-state index contributed by atoms with van der Waals surface area (Å²) in [7, 11) is 0. The number of benzene rings is 2. The molecule has 2 heteroatoms. The average molecular weight is 323 g/mol. The van der Waals surface area contributed by atoms with E-state index >= 15 is 0 Å². The van der Waals surface area contributed by atoms with Crippen LogP contribution in [0.15, 0.2) is 54.6 Å². The van der Waals surface area contributed by atoms with Crippen LogP contribution in [-0.4, -0.2) is 29.6 Å². The fourth-order valence-electron chi connectivity index (χ4n) is 3.72. The number of hydrogen-bond donors (Lipinski definition) is 1. The van der Waals surface area contributed by atoms with Crippen molar-refractivity contribution >= 4 is 0 Å². The molecule has 0 amide bonds. The molecule has 1 fully saturated rings. The van der Waals surface area contributed by atoms with Crippen molar-refractivity contribution < 1.29 is 5.11 Å². The molecule has 0 saturated carbocycles. The number of phenols is 1. The summed E-state index contributed by atoms with van der Waals surface area (Å²) in [6.45, 7) is 3.66. The lowest BCUT2D eigenvalue weighted by Gasteiger charge is -2.32. The van der Waals surface area contributed by atoms with E-state index in [0.29, 0.717) is 5.75 Å². The number of unbranched alkanes of at least 4 members (excludes halogenated alkanes) is 1. The zero-order valence-corrected chi connectivity index (χ0v) is 14.5. The summed E-state index contributed by atoms with van der Waals surface area (Å²) in [5, 5.41) is 9.92. The van der Waals surface area contributed by atoms with Gasteiger partial charge in [0, 0.05) is 0 Å². The van der Waals surface area contributed by atoms with Gasteiger partial charge in [-0.3, -0.25) is 0 Å². The number of nitrogens with zero attached hydrogens (tertiary/aromatic N) is 1. The molecule has 0 aliphatic carbocycles. The van der Waals surface area contributed by atoms with Crippen LogP contribution in [0, 0.1) is 5.92 Å². The van der Waals surface area contributed by atoms with E-state index in [4.69, 9.17) is 0 Å². The Labute approximate surface area is 146 Å². The van der Waals surface area contributed by atoms with E-state index in [-0.39, 0.29) is 0 Å². The van der Waals surface area contributed by atoms with E-state index in [1.54, 1.807) is 6.07 Å². The molecule has 0 bridgehead atoms. The molecule has 24 heavy (non-hydrogen) atoms. The Hall–Kier alpha value is -1.80. The third-order valence-corrected chi connectivity index (χ3v) is 5.24. The monoisotopic (exact) mass is 323 g/mol.